The van der Waals surface area contributed by atoms with Gasteiger partial charge in [-0.15, -0.1) is 0 Å². The molecule has 0 aliphatic heterocycles. The molecule has 0 bridgehead atoms. The zero-order valence-corrected chi connectivity index (χ0v) is 9.57. The number of aliphatic hydroxyl groups excluding tert-OH is 2. The smallest absolute Gasteiger partial charge is 0.0581 e. The molecule has 0 saturated heterocycles. The van der Waals surface area contributed by atoms with Crippen LogP contribution in [-0.4, -0.2) is 22.9 Å². The summed E-state index contributed by atoms with van der Waals surface area (Å²) in [6.07, 6.45) is 1.62. The third-order valence-electron chi connectivity index (χ3n) is 2.06. The monoisotopic (exact) mass is 258 g/mol. The lowest BCUT2D eigenvalue weighted by Crippen LogP contribution is -2.10. The van der Waals surface area contributed by atoms with Crippen LogP contribution in [0.25, 0.3) is 0 Å². The van der Waals surface area contributed by atoms with Crippen molar-refractivity contribution in [2.75, 3.05) is 6.61 Å². The molecule has 0 aromatic heterocycles. The highest BCUT2D eigenvalue weighted by molar-refractivity contribution is 9.10. The molecule has 0 aliphatic carbocycles. The Kier molecular flexibility index (Phi) is 5.15. The predicted molar refractivity (Wildman–Crippen MR) is 60.2 cm³/mol. The van der Waals surface area contributed by atoms with E-state index in [4.69, 9.17) is 5.11 Å². The molecule has 2 nitrogen and oxygen atoms in total. The van der Waals surface area contributed by atoms with E-state index in [1.165, 1.54) is 0 Å². The lowest BCUT2D eigenvalue weighted by Gasteiger charge is -2.09. The number of hydrogen-bond acceptors (Lipinski definition) is 2. The van der Waals surface area contributed by atoms with Crippen LogP contribution in [0.1, 0.15) is 18.4 Å². The van der Waals surface area contributed by atoms with Gasteiger partial charge in [0.15, 0.2) is 0 Å². The van der Waals surface area contributed by atoms with Gasteiger partial charge in [0, 0.05) is 11.1 Å². The van der Waals surface area contributed by atoms with Crippen molar-refractivity contribution in [1.29, 1.82) is 0 Å². The molecule has 1 unspecified atom stereocenters. The van der Waals surface area contributed by atoms with Crippen LogP contribution in [0.5, 0.6) is 0 Å². The highest BCUT2D eigenvalue weighted by atomic mass is 79.9. The molecule has 0 radical (unpaired) electrons. The average Bonchev–Trinajstić information content (AvgIpc) is 2.15. The van der Waals surface area contributed by atoms with Crippen molar-refractivity contribution < 1.29 is 10.2 Å². The van der Waals surface area contributed by atoms with Crippen LogP contribution in [-0.2, 0) is 6.42 Å². The quantitative estimate of drug-likeness (QED) is 0.850. The predicted octanol–water partition coefficient (Wildman–Crippen LogP) is 2.12. The molecule has 78 valence electrons. The Bertz CT molecular complexity index is 276. The zero-order valence-electron chi connectivity index (χ0n) is 7.99. The van der Waals surface area contributed by atoms with Crippen molar-refractivity contribution in [1.82, 2.24) is 0 Å². The van der Waals surface area contributed by atoms with E-state index in [0.717, 1.165) is 10.0 Å². The summed E-state index contributed by atoms with van der Waals surface area (Å²) in [5.74, 6) is 0. The lowest BCUT2D eigenvalue weighted by molar-refractivity contribution is 0.150. The molecule has 0 amide bonds. The van der Waals surface area contributed by atoms with E-state index in [1.54, 1.807) is 0 Å². The van der Waals surface area contributed by atoms with Gasteiger partial charge < -0.3 is 10.2 Å². The number of rotatable bonds is 5. The molecule has 1 rings (SSSR count). The van der Waals surface area contributed by atoms with Crippen molar-refractivity contribution >= 4 is 15.9 Å². The van der Waals surface area contributed by atoms with Crippen molar-refractivity contribution in [3.05, 3.63) is 34.3 Å². The first-order valence-electron chi connectivity index (χ1n) is 4.75. The molecule has 0 saturated carbocycles. The van der Waals surface area contributed by atoms with E-state index in [9.17, 15) is 5.11 Å². The Hall–Kier alpha value is -0.380. The summed E-state index contributed by atoms with van der Waals surface area (Å²) in [4.78, 5) is 0. The van der Waals surface area contributed by atoms with Gasteiger partial charge in [0.25, 0.3) is 0 Å². The second-order valence-corrected chi connectivity index (χ2v) is 4.27. The summed E-state index contributed by atoms with van der Waals surface area (Å²) < 4.78 is 1.03. The number of benzene rings is 1. The summed E-state index contributed by atoms with van der Waals surface area (Å²) >= 11 is 3.38. The second kappa shape index (κ2) is 6.17. The first-order chi connectivity index (χ1) is 6.72. The van der Waals surface area contributed by atoms with Gasteiger partial charge in [-0.25, -0.2) is 0 Å². The SMILES string of the molecule is OCCCC(O)Cc1cccc(Br)c1. The molecule has 1 aromatic carbocycles. The summed E-state index contributed by atoms with van der Waals surface area (Å²) in [6, 6.07) is 7.91. The summed E-state index contributed by atoms with van der Waals surface area (Å²) in [5, 5.41) is 18.2. The van der Waals surface area contributed by atoms with Crippen LogP contribution in [0, 0.1) is 0 Å². The Morgan fingerprint density at radius 1 is 1.36 bits per heavy atom. The van der Waals surface area contributed by atoms with Gasteiger partial charge in [0.2, 0.25) is 0 Å². The zero-order chi connectivity index (χ0) is 10.4. The highest BCUT2D eigenvalue weighted by Crippen LogP contribution is 2.14. The van der Waals surface area contributed by atoms with Gasteiger partial charge in [-0.3, -0.25) is 0 Å². The second-order valence-electron chi connectivity index (χ2n) is 3.35. The van der Waals surface area contributed by atoms with Crippen LogP contribution in [0.3, 0.4) is 0 Å². The molecule has 0 aliphatic rings. The van der Waals surface area contributed by atoms with E-state index in [2.05, 4.69) is 15.9 Å². The molecule has 0 heterocycles. The molecule has 0 spiro atoms. The standard InChI is InChI=1S/C11H15BrO2/c12-10-4-1-3-9(7-10)8-11(14)5-2-6-13/h1,3-4,7,11,13-14H,2,5-6,8H2. The molecule has 14 heavy (non-hydrogen) atoms. The van der Waals surface area contributed by atoms with Crippen molar-refractivity contribution in [3.63, 3.8) is 0 Å². The minimum atomic E-state index is -0.351. The van der Waals surface area contributed by atoms with E-state index in [1.807, 2.05) is 24.3 Å². The lowest BCUT2D eigenvalue weighted by atomic mass is 10.0. The Morgan fingerprint density at radius 3 is 2.79 bits per heavy atom. The van der Waals surface area contributed by atoms with Gasteiger partial charge in [-0.05, 0) is 37.0 Å². The Balaban J connectivity index is 2.43. The minimum absolute atomic E-state index is 0.148. The third kappa shape index (κ3) is 4.22. The highest BCUT2D eigenvalue weighted by Gasteiger charge is 2.04. The third-order valence-corrected chi connectivity index (χ3v) is 2.55. The van der Waals surface area contributed by atoms with Crippen LogP contribution in [0.2, 0.25) is 0 Å². The number of hydrogen-bond donors (Lipinski definition) is 2. The first-order valence-corrected chi connectivity index (χ1v) is 5.55. The molecule has 0 fully saturated rings. The maximum absolute atomic E-state index is 9.60. The van der Waals surface area contributed by atoms with Gasteiger partial charge in [-0.1, -0.05) is 28.1 Å². The number of aliphatic hydroxyl groups is 2. The van der Waals surface area contributed by atoms with Crippen LogP contribution >= 0.6 is 15.9 Å². The average molecular weight is 259 g/mol. The maximum atomic E-state index is 9.60. The molecule has 1 aromatic rings. The topological polar surface area (TPSA) is 40.5 Å². The van der Waals surface area contributed by atoms with Gasteiger partial charge in [0.1, 0.15) is 0 Å². The van der Waals surface area contributed by atoms with Gasteiger partial charge in [-0.2, -0.15) is 0 Å². The fourth-order valence-corrected chi connectivity index (χ4v) is 1.81. The van der Waals surface area contributed by atoms with E-state index >= 15 is 0 Å². The van der Waals surface area contributed by atoms with Gasteiger partial charge >= 0.3 is 0 Å². The first kappa shape index (κ1) is 11.7. The van der Waals surface area contributed by atoms with Crippen molar-refractivity contribution in [3.8, 4) is 0 Å². The fourth-order valence-electron chi connectivity index (χ4n) is 1.36. The van der Waals surface area contributed by atoms with Crippen LogP contribution < -0.4 is 0 Å². The summed E-state index contributed by atoms with van der Waals surface area (Å²) in [5.41, 5.74) is 1.12. The Morgan fingerprint density at radius 2 is 2.14 bits per heavy atom. The molecule has 3 heteroatoms. The van der Waals surface area contributed by atoms with Crippen LogP contribution in [0.4, 0.5) is 0 Å². The van der Waals surface area contributed by atoms with E-state index < -0.39 is 0 Å². The van der Waals surface area contributed by atoms with Crippen molar-refractivity contribution in [2.24, 2.45) is 0 Å². The van der Waals surface area contributed by atoms with Crippen LogP contribution in [0.15, 0.2) is 28.7 Å². The Labute approximate surface area is 92.7 Å². The van der Waals surface area contributed by atoms with Crippen molar-refractivity contribution in [2.45, 2.75) is 25.4 Å². The minimum Gasteiger partial charge on any atom is -0.396 e. The molecular formula is C11H15BrO2. The fraction of sp³-hybridized carbons (Fsp3) is 0.455. The normalized spacial score (nSPS) is 12.8. The number of halogens is 1. The van der Waals surface area contributed by atoms with Gasteiger partial charge in [0.05, 0.1) is 6.10 Å². The molecule has 1 atom stereocenters. The maximum Gasteiger partial charge on any atom is 0.0581 e. The molecule has 2 N–H and O–H groups in total. The largest absolute Gasteiger partial charge is 0.396 e. The summed E-state index contributed by atoms with van der Waals surface area (Å²) in [7, 11) is 0. The van der Waals surface area contributed by atoms with E-state index in [-0.39, 0.29) is 12.7 Å². The summed E-state index contributed by atoms with van der Waals surface area (Å²) in [6.45, 7) is 0.148. The molecular weight excluding hydrogens is 244 g/mol. The van der Waals surface area contributed by atoms with E-state index in [0.29, 0.717) is 19.3 Å².